The highest BCUT2D eigenvalue weighted by Gasteiger charge is 2.26. The zero-order valence-electron chi connectivity index (χ0n) is 10.5. The van der Waals surface area contributed by atoms with Crippen LogP contribution in [0.25, 0.3) is 0 Å². The van der Waals surface area contributed by atoms with Crippen LogP contribution in [-0.2, 0) is 11.3 Å². The minimum atomic E-state index is 0.744. The summed E-state index contributed by atoms with van der Waals surface area (Å²) < 4.78 is 8.10. The molecule has 0 radical (unpaired) electrons. The van der Waals surface area contributed by atoms with Crippen molar-refractivity contribution in [3.8, 4) is 0 Å². The molecule has 1 heterocycles. The first-order chi connectivity index (χ1) is 7.74. The number of nitrogens with zero attached hydrogens (tertiary/aromatic N) is 1. The summed E-state index contributed by atoms with van der Waals surface area (Å²) in [6.07, 6.45) is 2.69. The molecule has 2 rings (SSSR count). The van der Waals surface area contributed by atoms with Gasteiger partial charge in [-0.3, -0.25) is 0 Å². The number of hydrogen-bond acceptors (Lipinski definition) is 2. The Kier molecular flexibility index (Phi) is 3.66. The van der Waals surface area contributed by atoms with Gasteiger partial charge in [0, 0.05) is 24.0 Å². The van der Waals surface area contributed by atoms with E-state index in [4.69, 9.17) is 4.74 Å². The van der Waals surface area contributed by atoms with Gasteiger partial charge >= 0.3 is 0 Å². The highest BCUT2D eigenvalue weighted by atomic mass is 16.5. The molecule has 90 valence electrons. The van der Waals surface area contributed by atoms with Crippen molar-refractivity contribution in [2.75, 3.05) is 20.2 Å². The number of ether oxygens (including phenoxy) is 1. The second kappa shape index (κ2) is 5.02. The Morgan fingerprint density at radius 2 is 2.19 bits per heavy atom. The SMILES string of the molecule is CNCCOCc1cc(C)n(C2CC2)c1C. The summed E-state index contributed by atoms with van der Waals surface area (Å²) in [7, 11) is 1.95. The summed E-state index contributed by atoms with van der Waals surface area (Å²) in [5.74, 6) is 0. The Balaban J connectivity index is 1.96. The Hall–Kier alpha value is -0.800. The fourth-order valence-electron chi connectivity index (χ4n) is 2.24. The van der Waals surface area contributed by atoms with E-state index in [1.54, 1.807) is 0 Å². The van der Waals surface area contributed by atoms with Gasteiger partial charge in [0.25, 0.3) is 0 Å². The van der Waals surface area contributed by atoms with Crippen LogP contribution in [0.1, 0.15) is 35.8 Å². The van der Waals surface area contributed by atoms with Crippen LogP contribution in [0.3, 0.4) is 0 Å². The fraction of sp³-hybridized carbons (Fsp3) is 0.692. The van der Waals surface area contributed by atoms with Crippen LogP contribution >= 0.6 is 0 Å². The Labute approximate surface area is 97.8 Å². The zero-order chi connectivity index (χ0) is 11.5. The van der Waals surface area contributed by atoms with E-state index in [-0.39, 0.29) is 0 Å². The van der Waals surface area contributed by atoms with Gasteiger partial charge in [-0.05, 0) is 45.4 Å². The van der Waals surface area contributed by atoms with Gasteiger partial charge in [0.1, 0.15) is 0 Å². The van der Waals surface area contributed by atoms with E-state index >= 15 is 0 Å². The molecule has 0 amide bonds. The van der Waals surface area contributed by atoms with E-state index in [9.17, 15) is 0 Å². The topological polar surface area (TPSA) is 26.2 Å². The third kappa shape index (κ3) is 2.47. The Morgan fingerprint density at radius 3 is 2.81 bits per heavy atom. The average molecular weight is 222 g/mol. The smallest absolute Gasteiger partial charge is 0.0735 e. The third-order valence-corrected chi connectivity index (χ3v) is 3.26. The van der Waals surface area contributed by atoms with E-state index in [2.05, 4.69) is 29.8 Å². The second-order valence-corrected chi connectivity index (χ2v) is 4.65. The van der Waals surface area contributed by atoms with Gasteiger partial charge in [0.05, 0.1) is 13.2 Å². The molecule has 0 saturated heterocycles. The predicted octanol–water partition coefficient (Wildman–Crippen LogP) is 2.18. The van der Waals surface area contributed by atoms with Gasteiger partial charge in [-0.15, -0.1) is 0 Å². The number of likely N-dealkylation sites (N-methyl/N-ethyl adjacent to an activating group) is 1. The normalized spacial score (nSPS) is 15.7. The number of hydrogen-bond donors (Lipinski definition) is 1. The molecule has 1 aromatic heterocycles. The molecule has 0 bridgehead atoms. The summed E-state index contributed by atoms with van der Waals surface area (Å²) in [6, 6.07) is 3.04. The molecule has 1 saturated carbocycles. The maximum absolute atomic E-state index is 5.63. The van der Waals surface area contributed by atoms with Crippen molar-refractivity contribution in [1.82, 2.24) is 9.88 Å². The quantitative estimate of drug-likeness (QED) is 0.747. The second-order valence-electron chi connectivity index (χ2n) is 4.65. The lowest BCUT2D eigenvalue weighted by molar-refractivity contribution is 0.123. The van der Waals surface area contributed by atoms with E-state index in [1.165, 1.54) is 29.8 Å². The summed E-state index contributed by atoms with van der Waals surface area (Å²) in [5, 5.41) is 3.08. The fourth-order valence-corrected chi connectivity index (χ4v) is 2.24. The van der Waals surface area contributed by atoms with Gasteiger partial charge in [0.2, 0.25) is 0 Å². The summed E-state index contributed by atoms with van der Waals surface area (Å²) >= 11 is 0. The van der Waals surface area contributed by atoms with Crippen molar-refractivity contribution < 1.29 is 4.74 Å². The Morgan fingerprint density at radius 1 is 1.44 bits per heavy atom. The molecule has 0 atom stereocenters. The largest absolute Gasteiger partial charge is 0.375 e. The molecular formula is C13H22N2O. The maximum atomic E-state index is 5.63. The van der Waals surface area contributed by atoms with Gasteiger partial charge < -0.3 is 14.6 Å². The average Bonchev–Trinajstić information content (AvgIpc) is 3.03. The number of rotatable bonds is 6. The first-order valence-electron chi connectivity index (χ1n) is 6.13. The van der Waals surface area contributed by atoms with Crippen LogP contribution in [0, 0.1) is 13.8 Å². The number of nitrogens with one attached hydrogen (secondary N) is 1. The molecule has 0 aromatic carbocycles. The highest BCUT2D eigenvalue weighted by Crippen LogP contribution is 2.38. The van der Waals surface area contributed by atoms with E-state index < -0.39 is 0 Å². The molecule has 3 nitrogen and oxygen atoms in total. The van der Waals surface area contributed by atoms with Crippen LogP contribution in [0.15, 0.2) is 6.07 Å². The molecule has 0 unspecified atom stereocenters. The molecule has 1 N–H and O–H groups in total. The van der Waals surface area contributed by atoms with Crippen molar-refractivity contribution in [3.63, 3.8) is 0 Å². The lowest BCUT2D eigenvalue weighted by Crippen LogP contribution is -2.14. The molecule has 1 aliphatic rings. The zero-order valence-corrected chi connectivity index (χ0v) is 10.5. The Bertz CT molecular complexity index is 353. The van der Waals surface area contributed by atoms with Crippen molar-refractivity contribution in [3.05, 3.63) is 23.0 Å². The summed E-state index contributed by atoms with van der Waals surface area (Å²) in [4.78, 5) is 0. The maximum Gasteiger partial charge on any atom is 0.0735 e. The molecule has 16 heavy (non-hydrogen) atoms. The van der Waals surface area contributed by atoms with Gasteiger partial charge in [-0.25, -0.2) is 0 Å². The minimum absolute atomic E-state index is 0.744. The number of aryl methyl sites for hydroxylation is 1. The molecule has 0 aliphatic heterocycles. The van der Waals surface area contributed by atoms with Crippen molar-refractivity contribution >= 4 is 0 Å². The highest BCUT2D eigenvalue weighted by molar-refractivity contribution is 5.27. The molecule has 1 aliphatic carbocycles. The first kappa shape index (κ1) is 11.7. The standard InChI is InChI=1S/C13H22N2O/c1-10-8-12(9-16-7-6-14-3)11(2)15(10)13-4-5-13/h8,13-14H,4-7,9H2,1-3H3. The first-order valence-corrected chi connectivity index (χ1v) is 6.13. The lowest BCUT2D eigenvalue weighted by Gasteiger charge is -2.08. The molecule has 1 aromatic rings. The van der Waals surface area contributed by atoms with Crippen LogP contribution in [0.2, 0.25) is 0 Å². The number of aromatic nitrogens is 1. The van der Waals surface area contributed by atoms with Crippen molar-refractivity contribution in [2.45, 2.75) is 39.3 Å². The van der Waals surface area contributed by atoms with Crippen LogP contribution in [0.4, 0.5) is 0 Å². The van der Waals surface area contributed by atoms with E-state index in [1.807, 2.05) is 7.05 Å². The molecule has 3 heteroatoms. The van der Waals surface area contributed by atoms with Crippen LogP contribution in [0.5, 0.6) is 0 Å². The molecule has 1 fully saturated rings. The van der Waals surface area contributed by atoms with Crippen LogP contribution < -0.4 is 5.32 Å². The minimum Gasteiger partial charge on any atom is -0.375 e. The van der Waals surface area contributed by atoms with Gasteiger partial charge in [0.15, 0.2) is 0 Å². The summed E-state index contributed by atoms with van der Waals surface area (Å²) in [5.41, 5.74) is 4.12. The molecule has 0 spiro atoms. The lowest BCUT2D eigenvalue weighted by atomic mass is 10.2. The predicted molar refractivity (Wildman–Crippen MR) is 65.8 cm³/mol. The summed E-state index contributed by atoms with van der Waals surface area (Å²) in [6.45, 7) is 6.85. The monoisotopic (exact) mass is 222 g/mol. The van der Waals surface area contributed by atoms with E-state index in [0.717, 1.165) is 25.8 Å². The van der Waals surface area contributed by atoms with Gasteiger partial charge in [-0.2, -0.15) is 0 Å². The third-order valence-electron chi connectivity index (χ3n) is 3.26. The van der Waals surface area contributed by atoms with Crippen molar-refractivity contribution in [1.29, 1.82) is 0 Å². The molecular weight excluding hydrogens is 200 g/mol. The van der Waals surface area contributed by atoms with Crippen molar-refractivity contribution in [2.24, 2.45) is 0 Å². The van der Waals surface area contributed by atoms with Gasteiger partial charge in [-0.1, -0.05) is 0 Å². The van der Waals surface area contributed by atoms with E-state index in [0.29, 0.717) is 0 Å². The van der Waals surface area contributed by atoms with Crippen LogP contribution in [-0.4, -0.2) is 24.8 Å².